The summed E-state index contributed by atoms with van der Waals surface area (Å²) in [6.07, 6.45) is 1.44. The SMILES string of the molecule is CNCc1ccc(SC2CCOC2C)c(Cl)c1. The number of nitrogens with one attached hydrogen (secondary N) is 1. The van der Waals surface area contributed by atoms with Gasteiger partial charge >= 0.3 is 0 Å². The lowest BCUT2D eigenvalue weighted by Gasteiger charge is -2.14. The fraction of sp³-hybridized carbons (Fsp3) is 0.538. The Hall–Kier alpha value is -0.220. The molecule has 0 aromatic heterocycles. The maximum absolute atomic E-state index is 6.30. The third-order valence-corrected chi connectivity index (χ3v) is 4.92. The molecule has 0 saturated carbocycles. The predicted octanol–water partition coefficient (Wildman–Crippen LogP) is 3.33. The number of ether oxygens (including phenoxy) is 1. The summed E-state index contributed by atoms with van der Waals surface area (Å²) in [5.41, 5.74) is 1.22. The van der Waals surface area contributed by atoms with Crippen molar-refractivity contribution in [3.63, 3.8) is 0 Å². The normalized spacial score (nSPS) is 24.2. The molecule has 2 nitrogen and oxygen atoms in total. The maximum atomic E-state index is 6.30. The molecule has 1 saturated heterocycles. The minimum atomic E-state index is 0.327. The molecule has 1 aromatic carbocycles. The van der Waals surface area contributed by atoms with E-state index in [0.717, 1.165) is 29.5 Å². The number of benzene rings is 1. The fourth-order valence-electron chi connectivity index (χ4n) is 1.98. The third-order valence-electron chi connectivity index (χ3n) is 2.96. The number of thioether (sulfide) groups is 1. The van der Waals surface area contributed by atoms with Crippen LogP contribution in [-0.4, -0.2) is 25.0 Å². The molecule has 1 aliphatic rings. The van der Waals surface area contributed by atoms with Gasteiger partial charge in [-0.1, -0.05) is 17.7 Å². The summed E-state index contributed by atoms with van der Waals surface area (Å²) < 4.78 is 5.57. The average Bonchev–Trinajstić information content (AvgIpc) is 2.69. The zero-order valence-corrected chi connectivity index (χ0v) is 11.8. The van der Waals surface area contributed by atoms with Crippen molar-refractivity contribution in [2.45, 2.75) is 36.1 Å². The molecule has 0 spiro atoms. The number of hydrogen-bond acceptors (Lipinski definition) is 3. The third kappa shape index (κ3) is 3.38. The maximum Gasteiger partial charge on any atom is 0.0669 e. The van der Waals surface area contributed by atoms with Gasteiger partial charge in [0.05, 0.1) is 11.1 Å². The summed E-state index contributed by atoms with van der Waals surface area (Å²) in [6, 6.07) is 6.29. The average molecular weight is 272 g/mol. The van der Waals surface area contributed by atoms with E-state index in [1.54, 1.807) is 0 Å². The van der Waals surface area contributed by atoms with Gasteiger partial charge < -0.3 is 10.1 Å². The predicted molar refractivity (Wildman–Crippen MR) is 73.9 cm³/mol. The van der Waals surface area contributed by atoms with Crippen LogP contribution in [0.2, 0.25) is 5.02 Å². The van der Waals surface area contributed by atoms with Crippen LogP contribution in [0.25, 0.3) is 0 Å². The van der Waals surface area contributed by atoms with Crippen molar-refractivity contribution in [3.05, 3.63) is 28.8 Å². The Kier molecular flexibility index (Phi) is 4.74. The van der Waals surface area contributed by atoms with Crippen molar-refractivity contribution in [2.24, 2.45) is 0 Å². The molecule has 1 N–H and O–H groups in total. The van der Waals surface area contributed by atoms with Gasteiger partial charge in [0.2, 0.25) is 0 Å². The Balaban J connectivity index is 2.05. The van der Waals surface area contributed by atoms with Crippen LogP contribution in [0.15, 0.2) is 23.1 Å². The molecular formula is C13H18ClNOS. The van der Waals surface area contributed by atoms with Crippen molar-refractivity contribution in [3.8, 4) is 0 Å². The summed E-state index contributed by atoms with van der Waals surface area (Å²) >= 11 is 8.14. The Bertz CT molecular complexity index is 386. The highest BCUT2D eigenvalue weighted by Gasteiger charge is 2.25. The van der Waals surface area contributed by atoms with Crippen molar-refractivity contribution in [1.29, 1.82) is 0 Å². The van der Waals surface area contributed by atoms with Gasteiger partial charge in [-0.15, -0.1) is 11.8 Å². The van der Waals surface area contributed by atoms with Crippen LogP contribution in [0, 0.1) is 0 Å². The van der Waals surface area contributed by atoms with E-state index in [2.05, 4.69) is 24.4 Å². The highest BCUT2D eigenvalue weighted by molar-refractivity contribution is 8.00. The first-order chi connectivity index (χ1) is 8.20. The summed E-state index contributed by atoms with van der Waals surface area (Å²) in [5, 5.41) is 4.50. The van der Waals surface area contributed by atoms with Gasteiger partial charge in [0, 0.05) is 23.3 Å². The number of halogens is 1. The lowest BCUT2D eigenvalue weighted by atomic mass is 10.2. The second-order valence-electron chi connectivity index (χ2n) is 4.32. The van der Waals surface area contributed by atoms with Crippen molar-refractivity contribution in [2.75, 3.05) is 13.7 Å². The standard InChI is InChI=1S/C13H18ClNOS/c1-9-12(5-6-16-9)17-13-4-3-10(8-15-2)7-11(13)14/h3-4,7,9,12,15H,5-6,8H2,1-2H3. The molecule has 0 bridgehead atoms. The van der Waals surface area contributed by atoms with E-state index in [0.29, 0.717) is 11.4 Å². The fourth-order valence-corrected chi connectivity index (χ4v) is 3.45. The smallest absolute Gasteiger partial charge is 0.0669 e. The van der Waals surface area contributed by atoms with Crippen LogP contribution < -0.4 is 5.32 Å². The number of rotatable bonds is 4. The monoisotopic (exact) mass is 271 g/mol. The van der Waals surface area contributed by atoms with E-state index >= 15 is 0 Å². The van der Waals surface area contributed by atoms with E-state index in [4.69, 9.17) is 16.3 Å². The Morgan fingerprint density at radius 2 is 2.35 bits per heavy atom. The molecule has 2 unspecified atom stereocenters. The topological polar surface area (TPSA) is 21.3 Å². The lowest BCUT2D eigenvalue weighted by molar-refractivity contribution is 0.127. The molecule has 94 valence electrons. The zero-order chi connectivity index (χ0) is 12.3. The van der Waals surface area contributed by atoms with Crippen LogP contribution in [0.5, 0.6) is 0 Å². The van der Waals surface area contributed by atoms with Crippen molar-refractivity contribution < 1.29 is 4.74 Å². The van der Waals surface area contributed by atoms with E-state index < -0.39 is 0 Å². The Morgan fingerprint density at radius 3 is 2.94 bits per heavy atom. The van der Waals surface area contributed by atoms with Crippen LogP contribution in [0.4, 0.5) is 0 Å². The van der Waals surface area contributed by atoms with E-state index in [-0.39, 0.29) is 0 Å². The molecule has 2 atom stereocenters. The first kappa shape index (κ1) is 13.2. The van der Waals surface area contributed by atoms with Crippen molar-refractivity contribution >= 4 is 23.4 Å². The Morgan fingerprint density at radius 1 is 1.53 bits per heavy atom. The molecule has 17 heavy (non-hydrogen) atoms. The van der Waals surface area contributed by atoms with Gasteiger partial charge in [0.15, 0.2) is 0 Å². The quantitative estimate of drug-likeness (QED) is 0.908. The van der Waals surface area contributed by atoms with Gasteiger partial charge in [-0.05, 0) is 38.1 Å². The van der Waals surface area contributed by atoms with E-state index in [1.165, 1.54) is 5.56 Å². The molecule has 1 fully saturated rings. The molecule has 0 radical (unpaired) electrons. The van der Waals surface area contributed by atoms with Gasteiger partial charge in [-0.3, -0.25) is 0 Å². The summed E-state index contributed by atoms with van der Waals surface area (Å²) in [6.45, 7) is 3.86. The summed E-state index contributed by atoms with van der Waals surface area (Å²) in [5.74, 6) is 0. The largest absolute Gasteiger partial charge is 0.377 e. The van der Waals surface area contributed by atoms with E-state index in [1.807, 2.05) is 24.9 Å². The highest BCUT2D eigenvalue weighted by atomic mass is 35.5. The molecule has 1 aromatic rings. The van der Waals surface area contributed by atoms with Crippen LogP contribution in [0.1, 0.15) is 18.9 Å². The van der Waals surface area contributed by atoms with Gasteiger partial charge in [-0.2, -0.15) is 0 Å². The zero-order valence-electron chi connectivity index (χ0n) is 10.2. The van der Waals surface area contributed by atoms with Gasteiger partial charge in [0.25, 0.3) is 0 Å². The molecule has 4 heteroatoms. The molecule has 0 aliphatic carbocycles. The summed E-state index contributed by atoms with van der Waals surface area (Å²) in [4.78, 5) is 1.16. The molecular weight excluding hydrogens is 254 g/mol. The van der Waals surface area contributed by atoms with Gasteiger partial charge in [-0.25, -0.2) is 0 Å². The van der Waals surface area contributed by atoms with E-state index in [9.17, 15) is 0 Å². The number of hydrogen-bond donors (Lipinski definition) is 1. The first-order valence-corrected chi connectivity index (χ1v) is 7.17. The first-order valence-electron chi connectivity index (χ1n) is 5.92. The van der Waals surface area contributed by atoms with Crippen LogP contribution in [-0.2, 0) is 11.3 Å². The molecule has 0 amide bonds. The minimum absolute atomic E-state index is 0.327. The molecule has 2 rings (SSSR count). The summed E-state index contributed by atoms with van der Waals surface area (Å²) in [7, 11) is 1.94. The second kappa shape index (κ2) is 6.10. The van der Waals surface area contributed by atoms with Crippen LogP contribution >= 0.6 is 23.4 Å². The lowest BCUT2D eigenvalue weighted by Crippen LogP contribution is -2.13. The molecule has 1 aliphatic heterocycles. The second-order valence-corrected chi connectivity index (χ2v) is 6.00. The highest BCUT2D eigenvalue weighted by Crippen LogP contribution is 2.36. The van der Waals surface area contributed by atoms with Gasteiger partial charge in [0.1, 0.15) is 0 Å². The van der Waals surface area contributed by atoms with Crippen LogP contribution in [0.3, 0.4) is 0 Å². The molecule has 1 heterocycles. The van der Waals surface area contributed by atoms with Crippen molar-refractivity contribution in [1.82, 2.24) is 5.32 Å². The Labute approximate surface area is 112 Å². The minimum Gasteiger partial charge on any atom is -0.377 e.